The summed E-state index contributed by atoms with van der Waals surface area (Å²) in [5.74, 6) is 0. The van der Waals surface area contributed by atoms with Gasteiger partial charge in [-0.05, 0) is 33.5 Å². The van der Waals surface area contributed by atoms with Crippen molar-refractivity contribution >= 4 is 16.5 Å². The third-order valence-corrected chi connectivity index (χ3v) is 2.49. The van der Waals surface area contributed by atoms with Gasteiger partial charge in [-0.2, -0.15) is 0 Å². The van der Waals surface area contributed by atoms with Crippen molar-refractivity contribution in [1.29, 1.82) is 0 Å². The summed E-state index contributed by atoms with van der Waals surface area (Å²) >= 11 is 1.59. The second-order valence-corrected chi connectivity index (χ2v) is 4.22. The maximum absolute atomic E-state index is 5.51. The number of nitrogens with zero attached hydrogens (tertiary/aromatic N) is 2. The van der Waals surface area contributed by atoms with Gasteiger partial charge in [0.25, 0.3) is 0 Å². The van der Waals surface area contributed by atoms with E-state index in [0.29, 0.717) is 5.13 Å². The fraction of sp³-hybridized carbons (Fsp3) is 0.667. The molecular weight excluding hydrogens is 182 g/mol. The molecule has 1 rings (SSSR count). The van der Waals surface area contributed by atoms with E-state index in [1.165, 1.54) is 11.3 Å². The Balaban J connectivity index is 0.00000144. The third kappa shape index (κ3) is 4.85. The van der Waals surface area contributed by atoms with E-state index in [9.17, 15) is 0 Å². The van der Waals surface area contributed by atoms with Crippen LogP contribution in [0.1, 0.15) is 18.7 Å². The Morgan fingerprint density at radius 2 is 2.23 bits per heavy atom. The van der Waals surface area contributed by atoms with Gasteiger partial charge >= 0.3 is 0 Å². The highest BCUT2D eigenvalue weighted by Gasteiger charge is 1.98. The molecule has 1 aromatic heterocycles. The van der Waals surface area contributed by atoms with Gasteiger partial charge in [-0.3, -0.25) is 0 Å². The Hall–Kier alpha value is -0.610. The number of aromatic nitrogens is 1. The number of rotatable bonds is 4. The lowest BCUT2D eigenvalue weighted by molar-refractivity contribution is 0.401. The number of hydrogen-bond acceptors (Lipinski definition) is 4. The largest absolute Gasteiger partial charge is 0.375 e. The normalized spacial score (nSPS) is 10.1. The molecule has 0 aliphatic rings. The summed E-state index contributed by atoms with van der Waals surface area (Å²) in [5.41, 5.74) is 5.51. The minimum absolute atomic E-state index is 0. The molecular formula is C9H19N3S. The molecule has 2 N–H and O–H groups in total. The molecule has 0 aromatic carbocycles. The van der Waals surface area contributed by atoms with Gasteiger partial charge in [0.1, 0.15) is 0 Å². The fourth-order valence-electron chi connectivity index (χ4n) is 1.01. The van der Waals surface area contributed by atoms with Gasteiger partial charge in [0, 0.05) is 11.1 Å². The van der Waals surface area contributed by atoms with E-state index in [2.05, 4.69) is 24.0 Å². The van der Waals surface area contributed by atoms with Crippen LogP contribution in [0.4, 0.5) is 5.13 Å². The molecule has 0 saturated carbocycles. The van der Waals surface area contributed by atoms with Crippen LogP contribution in [-0.2, 0) is 6.42 Å². The van der Waals surface area contributed by atoms with Gasteiger partial charge in [-0.1, -0.05) is 7.43 Å². The molecule has 3 nitrogen and oxygen atoms in total. The lowest BCUT2D eigenvalue weighted by Gasteiger charge is -2.07. The first-order chi connectivity index (χ1) is 5.68. The van der Waals surface area contributed by atoms with Crippen molar-refractivity contribution < 1.29 is 0 Å². The minimum atomic E-state index is 0. The molecule has 4 heteroatoms. The van der Waals surface area contributed by atoms with Crippen LogP contribution in [0.5, 0.6) is 0 Å². The Labute approximate surface area is 84.6 Å². The molecule has 0 radical (unpaired) electrons. The van der Waals surface area contributed by atoms with E-state index in [1.807, 2.05) is 6.20 Å². The van der Waals surface area contributed by atoms with Crippen LogP contribution in [0.2, 0.25) is 0 Å². The van der Waals surface area contributed by atoms with Crippen LogP contribution in [-0.4, -0.2) is 30.5 Å². The molecule has 0 bridgehead atoms. The number of nitrogen functional groups attached to an aromatic ring is 1. The number of hydrogen-bond donors (Lipinski definition) is 1. The first-order valence-electron chi connectivity index (χ1n) is 4.03. The van der Waals surface area contributed by atoms with Crippen LogP contribution in [0, 0.1) is 0 Å². The Morgan fingerprint density at radius 3 is 2.69 bits per heavy atom. The number of nitrogens with two attached hydrogens (primary N) is 1. The fourth-order valence-corrected chi connectivity index (χ4v) is 1.73. The van der Waals surface area contributed by atoms with Gasteiger partial charge in [0.2, 0.25) is 0 Å². The molecule has 0 saturated heterocycles. The predicted octanol–water partition coefficient (Wildman–Crippen LogP) is 1.86. The smallest absolute Gasteiger partial charge is 0.180 e. The summed E-state index contributed by atoms with van der Waals surface area (Å²) < 4.78 is 0. The zero-order chi connectivity index (χ0) is 8.97. The lowest BCUT2D eigenvalue weighted by atomic mass is 10.3. The van der Waals surface area contributed by atoms with Gasteiger partial charge < -0.3 is 10.6 Å². The van der Waals surface area contributed by atoms with Crippen molar-refractivity contribution in [3.05, 3.63) is 11.1 Å². The van der Waals surface area contributed by atoms with E-state index in [-0.39, 0.29) is 7.43 Å². The number of thiazole rings is 1. The van der Waals surface area contributed by atoms with Crippen LogP contribution in [0.25, 0.3) is 0 Å². The molecule has 0 atom stereocenters. The molecule has 1 heterocycles. The Bertz CT molecular complexity index is 233. The van der Waals surface area contributed by atoms with Crippen molar-refractivity contribution in [3.63, 3.8) is 0 Å². The van der Waals surface area contributed by atoms with Gasteiger partial charge in [0.15, 0.2) is 5.13 Å². The second-order valence-electron chi connectivity index (χ2n) is 3.07. The second kappa shape index (κ2) is 5.94. The van der Waals surface area contributed by atoms with E-state index < -0.39 is 0 Å². The van der Waals surface area contributed by atoms with Crippen LogP contribution in [0.3, 0.4) is 0 Å². The monoisotopic (exact) mass is 201 g/mol. The van der Waals surface area contributed by atoms with E-state index >= 15 is 0 Å². The number of anilines is 1. The molecule has 0 aliphatic carbocycles. The van der Waals surface area contributed by atoms with Crippen molar-refractivity contribution in [1.82, 2.24) is 9.88 Å². The molecule has 13 heavy (non-hydrogen) atoms. The van der Waals surface area contributed by atoms with Crippen LogP contribution >= 0.6 is 11.3 Å². The zero-order valence-corrected chi connectivity index (χ0v) is 8.40. The third-order valence-electron chi connectivity index (χ3n) is 1.60. The average Bonchev–Trinajstić information content (AvgIpc) is 2.35. The zero-order valence-electron chi connectivity index (χ0n) is 7.58. The van der Waals surface area contributed by atoms with Crippen LogP contribution < -0.4 is 5.73 Å². The topological polar surface area (TPSA) is 42.2 Å². The van der Waals surface area contributed by atoms with Crippen molar-refractivity contribution in [2.75, 3.05) is 26.4 Å². The quantitative estimate of drug-likeness (QED) is 0.808. The predicted molar refractivity (Wildman–Crippen MR) is 60.1 cm³/mol. The summed E-state index contributed by atoms with van der Waals surface area (Å²) in [6.07, 6.45) is 4.14. The summed E-state index contributed by atoms with van der Waals surface area (Å²) in [6, 6.07) is 0. The lowest BCUT2D eigenvalue weighted by Crippen LogP contribution is -2.13. The SMILES string of the molecule is C.CN(C)CCCc1cnc(N)s1. The Kier molecular flexibility index (Phi) is 5.66. The first kappa shape index (κ1) is 12.4. The van der Waals surface area contributed by atoms with E-state index in [1.54, 1.807) is 11.3 Å². The maximum Gasteiger partial charge on any atom is 0.180 e. The summed E-state index contributed by atoms with van der Waals surface area (Å²) in [6.45, 7) is 1.12. The van der Waals surface area contributed by atoms with Gasteiger partial charge in [0.05, 0.1) is 0 Å². The highest BCUT2D eigenvalue weighted by molar-refractivity contribution is 7.15. The minimum Gasteiger partial charge on any atom is -0.375 e. The average molecular weight is 201 g/mol. The molecule has 1 aromatic rings. The summed E-state index contributed by atoms with van der Waals surface area (Å²) in [4.78, 5) is 7.47. The Morgan fingerprint density at radius 1 is 1.54 bits per heavy atom. The summed E-state index contributed by atoms with van der Waals surface area (Å²) in [7, 11) is 4.17. The van der Waals surface area contributed by atoms with Crippen molar-refractivity contribution in [2.45, 2.75) is 20.3 Å². The molecule has 0 amide bonds. The first-order valence-corrected chi connectivity index (χ1v) is 4.85. The molecule has 0 unspecified atom stereocenters. The van der Waals surface area contributed by atoms with Gasteiger partial charge in [-0.25, -0.2) is 4.98 Å². The standard InChI is InChI=1S/C8H15N3S.CH4/c1-11(2)5-3-4-7-6-10-8(9)12-7;/h6H,3-5H2,1-2H3,(H2,9,10);1H4. The molecule has 0 fully saturated rings. The van der Waals surface area contributed by atoms with E-state index in [4.69, 9.17) is 5.73 Å². The highest BCUT2D eigenvalue weighted by Crippen LogP contribution is 2.15. The van der Waals surface area contributed by atoms with Crippen LogP contribution in [0.15, 0.2) is 6.20 Å². The van der Waals surface area contributed by atoms with Crippen molar-refractivity contribution in [2.24, 2.45) is 0 Å². The molecule has 76 valence electrons. The summed E-state index contributed by atoms with van der Waals surface area (Å²) in [5, 5.41) is 0.676. The highest BCUT2D eigenvalue weighted by atomic mass is 32.1. The maximum atomic E-state index is 5.51. The van der Waals surface area contributed by atoms with Crippen molar-refractivity contribution in [3.8, 4) is 0 Å². The number of aryl methyl sites for hydroxylation is 1. The molecule has 0 aliphatic heterocycles. The van der Waals surface area contributed by atoms with Gasteiger partial charge in [-0.15, -0.1) is 11.3 Å². The molecule has 0 spiro atoms. The van der Waals surface area contributed by atoms with E-state index in [0.717, 1.165) is 13.0 Å².